The molecular weight excluding hydrogens is 256 g/mol. The fraction of sp³-hybridized carbons (Fsp3) is 0.714. The molecule has 1 aromatic heterocycles. The summed E-state index contributed by atoms with van der Waals surface area (Å²) in [6.07, 6.45) is 2.14. The highest BCUT2D eigenvalue weighted by atomic mass is 32.1. The van der Waals surface area contributed by atoms with Gasteiger partial charge in [0.2, 0.25) is 0 Å². The van der Waals surface area contributed by atoms with Crippen LogP contribution in [0.3, 0.4) is 0 Å². The number of nitrogens with zero attached hydrogens (tertiary/aromatic N) is 2. The summed E-state index contributed by atoms with van der Waals surface area (Å²) in [5.41, 5.74) is 1.57. The van der Waals surface area contributed by atoms with Crippen LogP contribution in [0.4, 0.5) is 0 Å². The van der Waals surface area contributed by atoms with Gasteiger partial charge >= 0.3 is 0 Å². The predicted molar refractivity (Wildman–Crippen MR) is 81.9 cm³/mol. The van der Waals surface area contributed by atoms with Crippen molar-refractivity contribution in [2.75, 3.05) is 13.1 Å². The van der Waals surface area contributed by atoms with Gasteiger partial charge in [0.1, 0.15) is 0 Å². The van der Waals surface area contributed by atoms with E-state index in [1.165, 1.54) is 6.42 Å². The first-order valence-electron chi connectivity index (χ1n) is 6.97. The first-order valence-corrected chi connectivity index (χ1v) is 7.85. The maximum Gasteiger partial charge on any atom is 0.191 e. The van der Waals surface area contributed by atoms with E-state index in [2.05, 4.69) is 46.8 Å². The number of aromatic nitrogens is 1. The molecule has 106 valence electrons. The van der Waals surface area contributed by atoms with E-state index in [1.54, 1.807) is 11.3 Å². The molecule has 1 fully saturated rings. The smallest absolute Gasteiger partial charge is 0.191 e. The SMILES string of the molecule is CCNC(=NCCc1csc(C)n1)NC1CC1(C)C. The molecule has 0 aromatic carbocycles. The summed E-state index contributed by atoms with van der Waals surface area (Å²) in [7, 11) is 0. The molecule has 4 nitrogen and oxygen atoms in total. The summed E-state index contributed by atoms with van der Waals surface area (Å²) in [6.45, 7) is 10.4. The fourth-order valence-corrected chi connectivity index (χ4v) is 2.65. The monoisotopic (exact) mass is 280 g/mol. The number of rotatable bonds is 5. The van der Waals surface area contributed by atoms with Crippen molar-refractivity contribution in [3.8, 4) is 0 Å². The largest absolute Gasteiger partial charge is 0.357 e. The topological polar surface area (TPSA) is 49.3 Å². The highest BCUT2D eigenvalue weighted by Gasteiger charge is 2.46. The highest BCUT2D eigenvalue weighted by molar-refractivity contribution is 7.09. The summed E-state index contributed by atoms with van der Waals surface area (Å²) < 4.78 is 0. The van der Waals surface area contributed by atoms with Crippen molar-refractivity contribution in [3.63, 3.8) is 0 Å². The van der Waals surface area contributed by atoms with Gasteiger partial charge in [-0.1, -0.05) is 13.8 Å². The Labute approximate surface area is 119 Å². The van der Waals surface area contributed by atoms with Gasteiger partial charge in [-0.2, -0.15) is 0 Å². The second kappa shape index (κ2) is 5.90. The average Bonchev–Trinajstić information content (AvgIpc) is 2.72. The Morgan fingerprint density at radius 1 is 1.58 bits per heavy atom. The predicted octanol–water partition coefficient (Wildman–Crippen LogP) is 2.35. The summed E-state index contributed by atoms with van der Waals surface area (Å²) in [5, 5.41) is 10.0. The van der Waals surface area contributed by atoms with E-state index in [0.717, 1.165) is 36.2 Å². The Balaban J connectivity index is 1.82. The molecular formula is C14H24N4S. The van der Waals surface area contributed by atoms with Crippen LogP contribution in [-0.2, 0) is 6.42 Å². The molecule has 0 saturated heterocycles. The lowest BCUT2D eigenvalue weighted by atomic mass is 10.2. The zero-order chi connectivity index (χ0) is 13.9. The quantitative estimate of drug-likeness (QED) is 0.643. The van der Waals surface area contributed by atoms with Crippen LogP contribution in [0.2, 0.25) is 0 Å². The molecule has 5 heteroatoms. The Kier molecular flexibility index (Phi) is 4.45. The van der Waals surface area contributed by atoms with Crippen molar-refractivity contribution in [1.29, 1.82) is 0 Å². The molecule has 0 amide bonds. The van der Waals surface area contributed by atoms with Gasteiger partial charge in [0.05, 0.1) is 10.7 Å². The molecule has 1 unspecified atom stereocenters. The minimum atomic E-state index is 0.419. The van der Waals surface area contributed by atoms with E-state index in [1.807, 2.05) is 6.92 Å². The van der Waals surface area contributed by atoms with Crippen molar-refractivity contribution in [3.05, 3.63) is 16.1 Å². The van der Waals surface area contributed by atoms with Crippen LogP contribution in [0.25, 0.3) is 0 Å². The molecule has 1 aliphatic rings. The van der Waals surface area contributed by atoms with Crippen molar-refractivity contribution in [1.82, 2.24) is 15.6 Å². The van der Waals surface area contributed by atoms with E-state index in [4.69, 9.17) is 0 Å². The summed E-state index contributed by atoms with van der Waals surface area (Å²) in [5.74, 6) is 0.935. The third kappa shape index (κ3) is 4.20. The summed E-state index contributed by atoms with van der Waals surface area (Å²) >= 11 is 1.70. The van der Waals surface area contributed by atoms with Crippen LogP contribution in [-0.4, -0.2) is 30.1 Å². The van der Waals surface area contributed by atoms with Crippen LogP contribution in [0.1, 0.15) is 37.9 Å². The van der Waals surface area contributed by atoms with E-state index in [9.17, 15) is 0 Å². The molecule has 1 atom stereocenters. The first kappa shape index (κ1) is 14.3. The molecule has 2 N–H and O–H groups in total. The number of aryl methyl sites for hydroxylation is 1. The van der Waals surface area contributed by atoms with Gasteiger partial charge in [0, 0.05) is 30.9 Å². The molecule has 1 aromatic rings. The van der Waals surface area contributed by atoms with Gasteiger partial charge in [0.25, 0.3) is 0 Å². The summed E-state index contributed by atoms with van der Waals surface area (Å²) in [6, 6.07) is 0.562. The van der Waals surface area contributed by atoms with Gasteiger partial charge in [-0.3, -0.25) is 4.99 Å². The number of hydrogen-bond donors (Lipinski definition) is 2. The Hall–Kier alpha value is -1.10. The molecule has 1 heterocycles. The zero-order valence-corrected chi connectivity index (χ0v) is 13.1. The van der Waals surface area contributed by atoms with E-state index >= 15 is 0 Å². The number of guanidine groups is 1. The number of hydrogen-bond acceptors (Lipinski definition) is 3. The second-order valence-corrected chi connectivity index (χ2v) is 6.82. The van der Waals surface area contributed by atoms with Crippen molar-refractivity contribution in [2.24, 2.45) is 10.4 Å². The van der Waals surface area contributed by atoms with Crippen LogP contribution >= 0.6 is 11.3 Å². The van der Waals surface area contributed by atoms with Crippen LogP contribution < -0.4 is 10.6 Å². The summed E-state index contributed by atoms with van der Waals surface area (Å²) in [4.78, 5) is 9.08. The van der Waals surface area contributed by atoms with Crippen LogP contribution in [0.5, 0.6) is 0 Å². The highest BCUT2D eigenvalue weighted by Crippen LogP contribution is 2.44. The van der Waals surface area contributed by atoms with Gasteiger partial charge in [-0.25, -0.2) is 4.98 Å². The maximum atomic E-state index is 4.62. The van der Waals surface area contributed by atoms with E-state index in [-0.39, 0.29) is 0 Å². The number of nitrogens with one attached hydrogen (secondary N) is 2. The lowest BCUT2D eigenvalue weighted by molar-refractivity contribution is 0.589. The normalized spacial score (nSPS) is 21.3. The Bertz CT molecular complexity index is 450. The van der Waals surface area contributed by atoms with Crippen LogP contribution in [0, 0.1) is 12.3 Å². The lowest BCUT2D eigenvalue weighted by Gasteiger charge is -2.12. The van der Waals surface area contributed by atoms with Gasteiger partial charge < -0.3 is 10.6 Å². The molecule has 0 radical (unpaired) electrons. The lowest BCUT2D eigenvalue weighted by Crippen LogP contribution is -2.40. The van der Waals surface area contributed by atoms with Gasteiger partial charge in [-0.05, 0) is 25.7 Å². The number of thiazole rings is 1. The van der Waals surface area contributed by atoms with Crippen molar-refractivity contribution >= 4 is 17.3 Å². The molecule has 0 bridgehead atoms. The molecule has 0 aliphatic heterocycles. The average molecular weight is 280 g/mol. The Morgan fingerprint density at radius 3 is 2.84 bits per heavy atom. The van der Waals surface area contributed by atoms with E-state index < -0.39 is 0 Å². The molecule has 1 saturated carbocycles. The molecule has 2 rings (SSSR count). The minimum Gasteiger partial charge on any atom is -0.357 e. The van der Waals surface area contributed by atoms with E-state index in [0.29, 0.717) is 11.5 Å². The zero-order valence-electron chi connectivity index (χ0n) is 12.3. The molecule has 1 aliphatic carbocycles. The fourth-order valence-electron chi connectivity index (χ4n) is 2.00. The van der Waals surface area contributed by atoms with Gasteiger partial charge in [-0.15, -0.1) is 11.3 Å². The van der Waals surface area contributed by atoms with Crippen molar-refractivity contribution in [2.45, 2.75) is 46.6 Å². The number of aliphatic imine (C=N–C) groups is 1. The van der Waals surface area contributed by atoms with Crippen molar-refractivity contribution < 1.29 is 0 Å². The first-order chi connectivity index (χ1) is 9.01. The second-order valence-electron chi connectivity index (χ2n) is 5.76. The third-order valence-corrected chi connectivity index (χ3v) is 4.30. The van der Waals surface area contributed by atoms with Gasteiger partial charge in [0.15, 0.2) is 5.96 Å². The van der Waals surface area contributed by atoms with Crippen LogP contribution in [0.15, 0.2) is 10.4 Å². The maximum absolute atomic E-state index is 4.62. The molecule has 0 spiro atoms. The standard InChI is InChI=1S/C14H24N4S/c1-5-15-13(18-12-8-14(12,3)4)16-7-6-11-9-19-10(2)17-11/h9,12H,5-8H2,1-4H3,(H2,15,16,18). The Morgan fingerprint density at radius 2 is 2.32 bits per heavy atom. The minimum absolute atomic E-state index is 0.419. The third-order valence-electron chi connectivity index (χ3n) is 3.47. The molecule has 19 heavy (non-hydrogen) atoms.